The Bertz CT molecular complexity index is 840. The van der Waals surface area contributed by atoms with Crippen LogP contribution in [0.15, 0.2) is 53.4 Å². The molecule has 0 radical (unpaired) electrons. The fourth-order valence-corrected chi connectivity index (χ4v) is 3.66. The second kappa shape index (κ2) is 8.84. The molecule has 134 valence electrons. The number of carbonyl (C=O) groups is 1. The lowest BCUT2D eigenvalue weighted by Gasteiger charge is -2.09. The number of hydrogen-bond donors (Lipinski definition) is 2. The van der Waals surface area contributed by atoms with Gasteiger partial charge in [-0.25, -0.2) is 13.1 Å². The summed E-state index contributed by atoms with van der Waals surface area (Å²) >= 11 is 5.88. The molecule has 0 aliphatic rings. The zero-order chi connectivity index (χ0) is 18.3. The van der Waals surface area contributed by atoms with E-state index in [1.807, 2.05) is 24.3 Å². The Balaban J connectivity index is 1.81. The van der Waals surface area contributed by atoms with Gasteiger partial charge in [-0.2, -0.15) is 0 Å². The highest BCUT2D eigenvalue weighted by Crippen LogP contribution is 2.19. The number of halogens is 1. The first-order chi connectivity index (χ1) is 11.9. The molecule has 0 spiro atoms. The molecule has 0 aliphatic carbocycles. The van der Waals surface area contributed by atoms with Gasteiger partial charge in [-0.15, -0.1) is 0 Å². The molecule has 2 aromatic carbocycles. The van der Waals surface area contributed by atoms with Gasteiger partial charge in [0.05, 0.1) is 12.1 Å². The van der Waals surface area contributed by atoms with Crippen molar-refractivity contribution in [3.05, 3.63) is 59.1 Å². The molecule has 0 aliphatic heterocycles. The second-order valence-corrected chi connectivity index (χ2v) is 7.35. The van der Waals surface area contributed by atoms with E-state index in [1.165, 1.54) is 12.1 Å². The lowest BCUT2D eigenvalue weighted by atomic mass is 10.2. The van der Waals surface area contributed by atoms with E-state index in [0.717, 1.165) is 5.56 Å². The first-order valence-electron chi connectivity index (χ1n) is 7.56. The fraction of sp³-hybridized carbons (Fsp3) is 0.235. The molecule has 0 saturated heterocycles. The number of ether oxygens (including phenoxy) is 1. The van der Waals surface area contributed by atoms with E-state index in [1.54, 1.807) is 19.2 Å². The van der Waals surface area contributed by atoms with Gasteiger partial charge in [0.1, 0.15) is 10.6 Å². The molecule has 8 heteroatoms. The van der Waals surface area contributed by atoms with Crippen LogP contribution in [0.1, 0.15) is 12.0 Å². The molecular weight excluding hydrogens is 364 g/mol. The van der Waals surface area contributed by atoms with Crippen molar-refractivity contribution in [3.63, 3.8) is 0 Å². The molecule has 0 fully saturated rings. The predicted octanol–water partition coefficient (Wildman–Crippen LogP) is 2.33. The van der Waals surface area contributed by atoms with Gasteiger partial charge in [0.2, 0.25) is 15.9 Å². The first kappa shape index (κ1) is 19.2. The molecule has 2 rings (SSSR count). The summed E-state index contributed by atoms with van der Waals surface area (Å²) in [6.45, 7) is 0.324. The molecule has 0 saturated carbocycles. The summed E-state index contributed by atoms with van der Waals surface area (Å²) in [5.41, 5.74) is 0.893. The fourth-order valence-electron chi connectivity index (χ4n) is 2.11. The minimum atomic E-state index is -3.74. The number of sulfonamides is 1. The molecule has 25 heavy (non-hydrogen) atoms. The Morgan fingerprint density at radius 1 is 1.16 bits per heavy atom. The number of amides is 1. The van der Waals surface area contributed by atoms with Gasteiger partial charge in [0.25, 0.3) is 0 Å². The number of nitrogens with one attached hydrogen (secondary N) is 2. The standard InChI is InChI=1S/C17H19ClN2O4S/c1-24-14-6-4-5-13(11-14)12-19-17(21)9-10-20-25(22,23)16-8-3-2-7-15(16)18/h2-8,11,20H,9-10,12H2,1H3,(H,19,21). The zero-order valence-corrected chi connectivity index (χ0v) is 15.2. The Labute approximate surface area is 152 Å². The van der Waals surface area contributed by atoms with E-state index in [0.29, 0.717) is 12.3 Å². The van der Waals surface area contributed by atoms with Crippen LogP contribution in [0.5, 0.6) is 5.75 Å². The molecule has 2 N–H and O–H groups in total. The molecule has 0 heterocycles. The smallest absolute Gasteiger partial charge is 0.242 e. The maximum atomic E-state index is 12.1. The minimum Gasteiger partial charge on any atom is -0.497 e. The summed E-state index contributed by atoms with van der Waals surface area (Å²) in [4.78, 5) is 11.9. The van der Waals surface area contributed by atoms with Crippen LogP contribution in [-0.4, -0.2) is 28.0 Å². The van der Waals surface area contributed by atoms with Crippen LogP contribution in [0.4, 0.5) is 0 Å². The number of carbonyl (C=O) groups excluding carboxylic acids is 1. The van der Waals surface area contributed by atoms with E-state index < -0.39 is 10.0 Å². The molecule has 6 nitrogen and oxygen atoms in total. The summed E-state index contributed by atoms with van der Waals surface area (Å²) in [5, 5.41) is 2.87. The van der Waals surface area contributed by atoms with Gasteiger partial charge >= 0.3 is 0 Å². The number of hydrogen-bond acceptors (Lipinski definition) is 4. The van der Waals surface area contributed by atoms with E-state index in [4.69, 9.17) is 16.3 Å². The third-order valence-electron chi connectivity index (χ3n) is 3.39. The van der Waals surface area contributed by atoms with Crippen molar-refractivity contribution < 1.29 is 17.9 Å². The summed E-state index contributed by atoms with van der Waals surface area (Å²) < 4.78 is 31.8. The van der Waals surface area contributed by atoms with Crippen LogP contribution in [-0.2, 0) is 21.4 Å². The number of rotatable bonds is 8. The third kappa shape index (κ3) is 5.74. The highest BCUT2D eigenvalue weighted by molar-refractivity contribution is 7.89. The maximum absolute atomic E-state index is 12.1. The molecule has 0 bridgehead atoms. The van der Waals surface area contributed by atoms with Crippen LogP contribution >= 0.6 is 11.6 Å². The van der Waals surface area contributed by atoms with Gasteiger partial charge in [-0.3, -0.25) is 4.79 Å². The van der Waals surface area contributed by atoms with E-state index >= 15 is 0 Å². The van der Waals surface area contributed by atoms with Crippen LogP contribution in [0.25, 0.3) is 0 Å². The quantitative estimate of drug-likeness (QED) is 0.733. The summed E-state index contributed by atoms with van der Waals surface area (Å²) in [6, 6.07) is 13.5. The van der Waals surface area contributed by atoms with Crippen molar-refractivity contribution in [3.8, 4) is 5.75 Å². The van der Waals surface area contributed by atoms with Crippen molar-refractivity contribution in [2.45, 2.75) is 17.9 Å². The Hall–Kier alpha value is -2.09. The minimum absolute atomic E-state index is 0.00606. The zero-order valence-electron chi connectivity index (χ0n) is 13.7. The van der Waals surface area contributed by atoms with Crippen LogP contribution in [0.3, 0.4) is 0 Å². The normalized spacial score (nSPS) is 11.1. The topological polar surface area (TPSA) is 84.5 Å². The molecular formula is C17H19ClN2O4S. The van der Waals surface area contributed by atoms with Crippen LogP contribution < -0.4 is 14.8 Å². The maximum Gasteiger partial charge on any atom is 0.242 e. The molecule has 0 unspecified atom stereocenters. The summed E-state index contributed by atoms with van der Waals surface area (Å²) in [5.74, 6) is 0.448. The Morgan fingerprint density at radius 3 is 2.64 bits per heavy atom. The molecule has 1 amide bonds. The van der Waals surface area contributed by atoms with Gasteiger partial charge in [-0.1, -0.05) is 35.9 Å². The number of methoxy groups -OCH3 is 1. The predicted molar refractivity (Wildman–Crippen MR) is 96.1 cm³/mol. The average molecular weight is 383 g/mol. The lowest BCUT2D eigenvalue weighted by Crippen LogP contribution is -2.30. The third-order valence-corrected chi connectivity index (χ3v) is 5.35. The van der Waals surface area contributed by atoms with Crippen molar-refractivity contribution in [1.82, 2.24) is 10.0 Å². The monoisotopic (exact) mass is 382 g/mol. The number of benzene rings is 2. The van der Waals surface area contributed by atoms with Gasteiger partial charge < -0.3 is 10.1 Å². The van der Waals surface area contributed by atoms with E-state index in [-0.39, 0.29) is 28.8 Å². The summed E-state index contributed by atoms with van der Waals surface area (Å²) in [7, 11) is -2.17. The van der Waals surface area contributed by atoms with Crippen LogP contribution in [0, 0.1) is 0 Å². The first-order valence-corrected chi connectivity index (χ1v) is 9.42. The Morgan fingerprint density at radius 2 is 1.92 bits per heavy atom. The van der Waals surface area contributed by atoms with E-state index in [9.17, 15) is 13.2 Å². The van der Waals surface area contributed by atoms with Crippen molar-refractivity contribution in [2.75, 3.05) is 13.7 Å². The SMILES string of the molecule is COc1cccc(CNC(=O)CCNS(=O)(=O)c2ccccc2Cl)c1. The van der Waals surface area contributed by atoms with Gasteiger partial charge in [0, 0.05) is 19.5 Å². The largest absolute Gasteiger partial charge is 0.497 e. The average Bonchev–Trinajstić information content (AvgIpc) is 2.60. The molecule has 2 aromatic rings. The summed E-state index contributed by atoms with van der Waals surface area (Å²) in [6.07, 6.45) is 0.0215. The highest BCUT2D eigenvalue weighted by atomic mass is 35.5. The molecule has 0 atom stereocenters. The molecule has 0 aromatic heterocycles. The Kier molecular flexibility index (Phi) is 6.81. The van der Waals surface area contributed by atoms with Crippen molar-refractivity contribution in [1.29, 1.82) is 0 Å². The van der Waals surface area contributed by atoms with Gasteiger partial charge in [0.15, 0.2) is 0 Å². The lowest BCUT2D eigenvalue weighted by molar-refractivity contribution is -0.121. The van der Waals surface area contributed by atoms with E-state index in [2.05, 4.69) is 10.0 Å². The van der Waals surface area contributed by atoms with Crippen molar-refractivity contribution in [2.24, 2.45) is 0 Å². The van der Waals surface area contributed by atoms with Gasteiger partial charge in [-0.05, 0) is 29.8 Å². The second-order valence-electron chi connectivity index (χ2n) is 5.21. The van der Waals surface area contributed by atoms with Crippen LogP contribution in [0.2, 0.25) is 5.02 Å². The van der Waals surface area contributed by atoms with Crippen molar-refractivity contribution >= 4 is 27.5 Å². The highest BCUT2D eigenvalue weighted by Gasteiger charge is 2.17.